The number of hydrogen-bond donors (Lipinski definition) is 2. The molecule has 28 heavy (non-hydrogen) atoms. The second kappa shape index (κ2) is 8.43. The van der Waals surface area contributed by atoms with E-state index < -0.39 is 5.97 Å². The van der Waals surface area contributed by atoms with Crippen LogP contribution in [0.4, 0.5) is 4.39 Å². The maximum absolute atomic E-state index is 13.2. The van der Waals surface area contributed by atoms with Gasteiger partial charge in [-0.2, -0.15) is 0 Å². The molecule has 2 heterocycles. The first-order valence-electron chi connectivity index (χ1n) is 8.88. The lowest BCUT2D eigenvalue weighted by Gasteiger charge is -2.09. The van der Waals surface area contributed by atoms with Gasteiger partial charge in [0, 0.05) is 23.5 Å². The summed E-state index contributed by atoms with van der Waals surface area (Å²) in [5.74, 6) is -0.604. The van der Waals surface area contributed by atoms with E-state index in [1.807, 2.05) is 31.4 Å². The van der Waals surface area contributed by atoms with Crippen LogP contribution in [0.15, 0.2) is 40.4 Å². The van der Waals surface area contributed by atoms with Gasteiger partial charge in [-0.3, -0.25) is 5.10 Å². The summed E-state index contributed by atoms with van der Waals surface area (Å²) in [4.78, 5) is 16.2. The highest BCUT2D eigenvalue weighted by Crippen LogP contribution is 2.29. The van der Waals surface area contributed by atoms with E-state index in [0.717, 1.165) is 53.1 Å². The topological polar surface area (TPSA) is 83.8 Å². The largest absolute Gasteiger partial charge is 0.477 e. The quantitative estimate of drug-likeness (QED) is 0.450. The summed E-state index contributed by atoms with van der Waals surface area (Å²) in [6.07, 6.45) is 3.31. The lowest BCUT2D eigenvalue weighted by Crippen LogP contribution is -2.00. The summed E-state index contributed by atoms with van der Waals surface area (Å²) < 4.78 is 15.2. The van der Waals surface area contributed by atoms with Gasteiger partial charge in [-0.05, 0) is 74.0 Å². The van der Waals surface area contributed by atoms with Crippen molar-refractivity contribution in [2.45, 2.75) is 38.8 Å². The van der Waals surface area contributed by atoms with Crippen LogP contribution in [0.1, 0.15) is 36.1 Å². The Balaban J connectivity index is 1.93. The molecule has 0 bridgehead atoms. The number of carboxylic acid groups (broad SMARTS) is 1. The first-order chi connectivity index (χ1) is 13.4. The highest BCUT2D eigenvalue weighted by molar-refractivity contribution is 8.04. The summed E-state index contributed by atoms with van der Waals surface area (Å²) in [7, 11) is 0. The monoisotopic (exact) mass is 400 g/mol. The van der Waals surface area contributed by atoms with Crippen LogP contribution in [0.3, 0.4) is 0 Å². The Kier molecular flexibility index (Phi) is 5.99. The molecule has 0 saturated heterocycles. The van der Waals surface area contributed by atoms with Crippen LogP contribution in [-0.4, -0.2) is 30.8 Å². The predicted molar refractivity (Wildman–Crippen MR) is 107 cm³/mol. The number of carbonyl (C=O) groups is 1. The Bertz CT molecular complexity index is 1020. The highest BCUT2D eigenvalue weighted by atomic mass is 32.2. The number of hydrogen-bond acceptors (Lipinski definition) is 4. The molecule has 6 nitrogen and oxygen atoms in total. The maximum atomic E-state index is 13.2. The maximum Gasteiger partial charge on any atom is 0.342 e. The highest BCUT2D eigenvalue weighted by Gasteiger charge is 2.16. The lowest BCUT2D eigenvalue weighted by atomic mass is 10.2. The summed E-state index contributed by atoms with van der Waals surface area (Å²) in [6, 6.07) is 8.10. The Morgan fingerprint density at radius 3 is 2.68 bits per heavy atom. The Hall–Kier alpha value is -2.87. The predicted octanol–water partition coefficient (Wildman–Crippen LogP) is 4.52. The molecule has 0 aliphatic carbocycles. The van der Waals surface area contributed by atoms with Crippen molar-refractivity contribution < 1.29 is 14.3 Å². The number of thioether (sulfide) groups is 1. The lowest BCUT2D eigenvalue weighted by molar-refractivity contribution is -0.131. The molecule has 8 heteroatoms. The molecule has 0 spiro atoms. The van der Waals surface area contributed by atoms with Crippen molar-refractivity contribution in [2.24, 2.45) is 0 Å². The molecule has 2 aromatic heterocycles. The number of aromatic nitrogens is 4. The van der Waals surface area contributed by atoms with Gasteiger partial charge in [0.2, 0.25) is 5.16 Å². The van der Waals surface area contributed by atoms with Crippen molar-refractivity contribution >= 4 is 23.8 Å². The molecule has 1 aromatic carbocycles. The molecule has 2 N–H and O–H groups in total. The molecule has 0 atom stereocenters. The van der Waals surface area contributed by atoms with Gasteiger partial charge in [0.25, 0.3) is 0 Å². The first kappa shape index (κ1) is 19.9. The molecular weight excluding hydrogens is 379 g/mol. The van der Waals surface area contributed by atoms with Crippen molar-refractivity contribution in [3.8, 4) is 5.69 Å². The third kappa shape index (κ3) is 4.33. The summed E-state index contributed by atoms with van der Waals surface area (Å²) >= 11 is 1.01. The second-order valence-electron chi connectivity index (χ2n) is 6.37. The molecule has 0 aliphatic heterocycles. The van der Waals surface area contributed by atoms with E-state index in [-0.39, 0.29) is 10.7 Å². The molecule has 146 valence electrons. The zero-order valence-corrected chi connectivity index (χ0v) is 16.7. The third-order valence-corrected chi connectivity index (χ3v) is 5.13. The van der Waals surface area contributed by atoms with E-state index in [9.17, 15) is 14.3 Å². The normalized spacial score (nSPS) is 11.8. The van der Waals surface area contributed by atoms with E-state index in [2.05, 4.69) is 15.2 Å². The van der Waals surface area contributed by atoms with Gasteiger partial charge >= 0.3 is 5.97 Å². The van der Waals surface area contributed by atoms with E-state index >= 15 is 0 Å². The molecule has 0 aliphatic rings. The van der Waals surface area contributed by atoms with Crippen LogP contribution in [0.5, 0.6) is 0 Å². The van der Waals surface area contributed by atoms with Crippen molar-refractivity contribution in [3.63, 3.8) is 0 Å². The number of H-pyrrole nitrogens is 1. The molecule has 0 fully saturated rings. The SMILES string of the molecule is CCCc1nc(S/C(=C\c2cc(C)n(-c3ccc(F)cc3)c2C)C(=O)O)n[nH]1. The number of carboxylic acids is 1. The average Bonchev–Trinajstić information content (AvgIpc) is 3.20. The van der Waals surface area contributed by atoms with Crippen LogP contribution in [-0.2, 0) is 11.2 Å². The second-order valence-corrected chi connectivity index (χ2v) is 7.38. The van der Waals surface area contributed by atoms with Crippen LogP contribution in [0.2, 0.25) is 0 Å². The fourth-order valence-electron chi connectivity index (χ4n) is 2.97. The molecule has 0 amide bonds. The standard InChI is InChI=1S/C20H21FN4O2S/c1-4-5-18-22-20(24-23-18)28-17(19(26)27)11-14-10-12(2)25(13(14)3)16-8-6-15(21)7-9-16/h6-11H,4-5H2,1-3H3,(H,26,27)(H,22,23,24)/b17-11-. The Morgan fingerprint density at radius 2 is 2.04 bits per heavy atom. The fourth-order valence-corrected chi connectivity index (χ4v) is 3.68. The van der Waals surface area contributed by atoms with Gasteiger partial charge in [-0.15, -0.1) is 5.10 Å². The fraction of sp³-hybridized carbons (Fsp3) is 0.250. The van der Waals surface area contributed by atoms with Gasteiger partial charge in [0.05, 0.1) is 0 Å². The first-order valence-corrected chi connectivity index (χ1v) is 9.69. The molecule has 0 radical (unpaired) electrons. The number of aromatic amines is 1. The van der Waals surface area contributed by atoms with Crippen LogP contribution in [0.25, 0.3) is 11.8 Å². The molecular formula is C20H21FN4O2S. The van der Waals surface area contributed by atoms with Crippen molar-refractivity contribution in [3.05, 3.63) is 63.8 Å². The summed E-state index contributed by atoms with van der Waals surface area (Å²) in [5, 5.41) is 16.9. The third-order valence-electron chi connectivity index (χ3n) is 4.25. The van der Waals surface area contributed by atoms with Crippen molar-refractivity contribution in [1.29, 1.82) is 0 Å². The molecule has 0 unspecified atom stereocenters. The minimum Gasteiger partial charge on any atom is -0.477 e. The Morgan fingerprint density at radius 1 is 1.32 bits per heavy atom. The minimum absolute atomic E-state index is 0.126. The van der Waals surface area contributed by atoms with Gasteiger partial charge in [0.15, 0.2) is 0 Å². The number of aliphatic carboxylic acids is 1. The minimum atomic E-state index is -1.04. The van der Waals surface area contributed by atoms with Gasteiger partial charge in [-0.25, -0.2) is 14.2 Å². The van der Waals surface area contributed by atoms with Gasteiger partial charge in [-0.1, -0.05) is 6.92 Å². The Labute approximate surface area is 166 Å². The van der Waals surface area contributed by atoms with E-state index in [1.54, 1.807) is 18.2 Å². The molecule has 3 rings (SSSR count). The average molecular weight is 400 g/mol. The number of nitrogens with one attached hydrogen (secondary N) is 1. The molecule has 3 aromatic rings. The van der Waals surface area contributed by atoms with Crippen molar-refractivity contribution in [2.75, 3.05) is 0 Å². The van der Waals surface area contributed by atoms with Gasteiger partial charge < -0.3 is 9.67 Å². The number of benzene rings is 1. The number of halogens is 1. The number of aryl methyl sites for hydroxylation is 2. The zero-order chi connectivity index (χ0) is 20.3. The zero-order valence-electron chi connectivity index (χ0n) is 15.9. The summed E-state index contributed by atoms with van der Waals surface area (Å²) in [5.41, 5.74) is 3.38. The van der Waals surface area contributed by atoms with E-state index in [4.69, 9.17) is 0 Å². The molecule has 0 saturated carbocycles. The van der Waals surface area contributed by atoms with Crippen LogP contribution < -0.4 is 0 Å². The van der Waals surface area contributed by atoms with E-state index in [1.165, 1.54) is 12.1 Å². The number of rotatable bonds is 7. The van der Waals surface area contributed by atoms with Gasteiger partial charge in [0.1, 0.15) is 16.5 Å². The van der Waals surface area contributed by atoms with Crippen LogP contribution >= 0.6 is 11.8 Å². The number of nitrogens with zero attached hydrogens (tertiary/aromatic N) is 3. The van der Waals surface area contributed by atoms with Crippen LogP contribution in [0, 0.1) is 19.7 Å². The van der Waals surface area contributed by atoms with E-state index in [0.29, 0.717) is 5.16 Å². The summed E-state index contributed by atoms with van der Waals surface area (Å²) in [6.45, 7) is 5.86. The smallest absolute Gasteiger partial charge is 0.342 e. The van der Waals surface area contributed by atoms with Crippen molar-refractivity contribution in [1.82, 2.24) is 19.7 Å².